The number of hydrogen-bond donors (Lipinski definition) is 2. The molecule has 0 amide bonds. The van der Waals surface area contributed by atoms with Crippen LogP contribution in [0.4, 0.5) is 26.2 Å². The number of H-pyrrole nitrogens is 1. The van der Waals surface area contributed by atoms with Gasteiger partial charge >= 0.3 is 6.01 Å². The molecule has 8 nitrogen and oxygen atoms in total. The molecule has 2 N–H and O–H groups in total. The zero-order chi connectivity index (χ0) is 25.1. The van der Waals surface area contributed by atoms with Gasteiger partial charge in [0.05, 0.1) is 5.69 Å². The number of anilines is 3. The molecule has 0 unspecified atom stereocenters. The largest absolute Gasteiger partial charge is 0.421 e. The van der Waals surface area contributed by atoms with E-state index in [0.29, 0.717) is 42.7 Å². The van der Waals surface area contributed by atoms with Crippen molar-refractivity contribution in [2.75, 3.05) is 49.6 Å². The molecule has 0 spiro atoms. The van der Waals surface area contributed by atoms with E-state index in [0.717, 1.165) is 36.3 Å². The van der Waals surface area contributed by atoms with E-state index < -0.39 is 5.82 Å². The van der Waals surface area contributed by atoms with Gasteiger partial charge in [0.25, 0.3) is 0 Å². The maximum Gasteiger partial charge on any atom is 0.326 e. The third-order valence-electron chi connectivity index (χ3n) is 6.29. The molecule has 10 heteroatoms. The minimum absolute atomic E-state index is 0.0305. The molecule has 188 valence electrons. The Hall–Kier alpha value is -3.79. The van der Waals surface area contributed by atoms with Crippen LogP contribution in [-0.4, -0.2) is 64.5 Å². The summed E-state index contributed by atoms with van der Waals surface area (Å²) >= 11 is 0. The van der Waals surface area contributed by atoms with Crippen LogP contribution in [0.25, 0.3) is 12.2 Å². The number of ether oxygens (including phenoxy) is 1. The van der Waals surface area contributed by atoms with Crippen LogP contribution in [0.1, 0.15) is 30.7 Å². The van der Waals surface area contributed by atoms with E-state index in [-0.39, 0.29) is 18.4 Å². The molecule has 0 bridgehead atoms. The van der Waals surface area contributed by atoms with Crippen LogP contribution in [0.2, 0.25) is 0 Å². The topological polar surface area (TPSA) is 82.2 Å². The molecule has 0 atom stereocenters. The lowest BCUT2D eigenvalue weighted by atomic mass is 10.1. The van der Waals surface area contributed by atoms with Crippen molar-refractivity contribution in [2.45, 2.75) is 20.3 Å². The summed E-state index contributed by atoms with van der Waals surface area (Å²) in [6.07, 6.45) is 6.40. The van der Waals surface area contributed by atoms with E-state index in [1.54, 1.807) is 6.07 Å². The molecule has 1 aromatic carbocycles. The van der Waals surface area contributed by atoms with Crippen molar-refractivity contribution in [1.29, 1.82) is 0 Å². The molecule has 1 aliphatic heterocycles. The number of aromatic amines is 1. The van der Waals surface area contributed by atoms with Crippen molar-refractivity contribution in [3.8, 4) is 11.8 Å². The molecule has 36 heavy (non-hydrogen) atoms. The van der Waals surface area contributed by atoms with Gasteiger partial charge < -0.3 is 15.0 Å². The average Bonchev–Trinajstić information content (AvgIpc) is 3.47. The van der Waals surface area contributed by atoms with Crippen molar-refractivity contribution in [3.63, 3.8) is 0 Å². The van der Waals surface area contributed by atoms with Gasteiger partial charge in [0.15, 0.2) is 17.4 Å². The molecule has 5 rings (SSSR count). The summed E-state index contributed by atoms with van der Waals surface area (Å²) in [6.45, 7) is 6.79. The number of rotatable bonds is 8. The number of nitrogens with zero attached hydrogens (tertiary/aromatic N) is 5. The first-order valence-electron chi connectivity index (χ1n) is 12.1. The van der Waals surface area contributed by atoms with Gasteiger partial charge in [-0.05, 0) is 38.0 Å². The van der Waals surface area contributed by atoms with E-state index in [4.69, 9.17) is 4.74 Å². The molecular formula is C26H29F2N7O. The fraction of sp³-hybridized carbons (Fsp3) is 0.346. The minimum atomic E-state index is -0.420. The van der Waals surface area contributed by atoms with Crippen molar-refractivity contribution in [1.82, 2.24) is 25.1 Å². The van der Waals surface area contributed by atoms with Gasteiger partial charge in [-0.3, -0.25) is 10.00 Å². The van der Waals surface area contributed by atoms with Gasteiger partial charge in [-0.25, -0.2) is 8.78 Å². The third kappa shape index (κ3) is 5.23. The molecule has 1 aliphatic carbocycles. The SMILES string of the molecule is C/C=C/c1cc(Nc2cc(N3CCN(CCF)CC3)nc(Oc3ccc4c(c3F)C=C(C)C4)n2)n[nH]1. The first-order valence-corrected chi connectivity index (χ1v) is 12.1. The molecule has 2 aromatic heterocycles. The molecule has 0 radical (unpaired) electrons. The number of hydrogen-bond acceptors (Lipinski definition) is 7. The highest BCUT2D eigenvalue weighted by molar-refractivity contribution is 5.66. The number of halogens is 2. The number of aromatic nitrogens is 4. The molecule has 1 fully saturated rings. The summed E-state index contributed by atoms with van der Waals surface area (Å²) in [7, 11) is 0. The minimum Gasteiger partial charge on any atom is -0.421 e. The van der Waals surface area contributed by atoms with Crippen LogP contribution >= 0.6 is 0 Å². The quantitative estimate of drug-likeness (QED) is 0.459. The second-order valence-corrected chi connectivity index (χ2v) is 8.97. The Morgan fingerprint density at radius 2 is 1.97 bits per heavy atom. The Balaban J connectivity index is 1.43. The molecular weight excluding hydrogens is 464 g/mol. The number of piperazine rings is 1. The van der Waals surface area contributed by atoms with Crippen LogP contribution in [-0.2, 0) is 6.42 Å². The zero-order valence-electron chi connectivity index (χ0n) is 20.4. The predicted octanol–water partition coefficient (Wildman–Crippen LogP) is 4.96. The summed E-state index contributed by atoms with van der Waals surface area (Å²) < 4.78 is 33.9. The lowest BCUT2D eigenvalue weighted by Gasteiger charge is -2.35. The van der Waals surface area contributed by atoms with Crippen LogP contribution in [0.3, 0.4) is 0 Å². The van der Waals surface area contributed by atoms with E-state index in [2.05, 4.69) is 35.3 Å². The Morgan fingerprint density at radius 3 is 2.75 bits per heavy atom. The molecule has 2 aliphatic rings. The molecule has 1 saturated heterocycles. The zero-order valence-corrected chi connectivity index (χ0v) is 20.4. The maximum absolute atomic E-state index is 15.2. The molecule has 3 heterocycles. The smallest absolute Gasteiger partial charge is 0.326 e. The highest BCUT2D eigenvalue weighted by Crippen LogP contribution is 2.34. The summed E-state index contributed by atoms with van der Waals surface area (Å²) in [6, 6.07) is 7.19. The summed E-state index contributed by atoms with van der Waals surface area (Å²) in [4.78, 5) is 13.2. The van der Waals surface area contributed by atoms with Crippen LogP contribution < -0.4 is 15.0 Å². The summed E-state index contributed by atoms with van der Waals surface area (Å²) in [5.41, 5.74) is 3.44. The lowest BCUT2D eigenvalue weighted by molar-refractivity contribution is 0.235. The van der Waals surface area contributed by atoms with E-state index in [1.807, 2.05) is 50.3 Å². The van der Waals surface area contributed by atoms with E-state index in [9.17, 15) is 4.39 Å². The fourth-order valence-electron chi connectivity index (χ4n) is 4.50. The second kappa shape index (κ2) is 10.4. The Kier molecular flexibility index (Phi) is 6.95. The van der Waals surface area contributed by atoms with E-state index >= 15 is 4.39 Å². The Bertz CT molecular complexity index is 1300. The second-order valence-electron chi connectivity index (χ2n) is 8.97. The van der Waals surface area contributed by atoms with Gasteiger partial charge in [-0.1, -0.05) is 23.8 Å². The number of allylic oxidation sites excluding steroid dienone is 2. The van der Waals surface area contributed by atoms with E-state index in [1.165, 1.54) is 0 Å². The summed E-state index contributed by atoms with van der Waals surface area (Å²) in [5.74, 6) is 1.35. The molecule has 3 aromatic rings. The highest BCUT2D eigenvalue weighted by Gasteiger charge is 2.22. The monoisotopic (exact) mass is 493 g/mol. The number of fused-ring (bicyclic) bond motifs is 1. The predicted molar refractivity (Wildman–Crippen MR) is 137 cm³/mol. The number of alkyl halides is 1. The lowest BCUT2D eigenvalue weighted by Crippen LogP contribution is -2.47. The van der Waals surface area contributed by atoms with Gasteiger partial charge in [0.2, 0.25) is 0 Å². The van der Waals surface area contributed by atoms with Crippen molar-refractivity contribution in [3.05, 3.63) is 58.6 Å². The van der Waals surface area contributed by atoms with Gasteiger partial charge in [0.1, 0.15) is 18.3 Å². The van der Waals surface area contributed by atoms with Gasteiger partial charge in [0, 0.05) is 50.4 Å². The van der Waals surface area contributed by atoms with Crippen molar-refractivity contribution < 1.29 is 13.5 Å². The summed E-state index contributed by atoms with van der Waals surface area (Å²) in [5, 5.41) is 10.4. The Morgan fingerprint density at radius 1 is 1.14 bits per heavy atom. The van der Waals surface area contributed by atoms with Gasteiger partial charge in [-0.2, -0.15) is 15.1 Å². The third-order valence-corrected chi connectivity index (χ3v) is 6.29. The average molecular weight is 494 g/mol. The number of benzene rings is 1. The maximum atomic E-state index is 15.2. The van der Waals surface area contributed by atoms with Crippen molar-refractivity contribution in [2.24, 2.45) is 0 Å². The fourth-order valence-corrected chi connectivity index (χ4v) is 4.50. The number of nitrogens with one attached hydrogen (secondary N) is 2. The normalized spacial score (nSPS) is 15.9. The van der Waals surface area contributed by atoms with Gasteiger partial charge in [-0.15, -0.1) is 0 Å². The molecule has 0 saturated carbocycles. The first kappa shape index (κ1) is 23.9. The standard InChI is InChI=1S/C26H29F2N7O/c1-3-4-19-15-23(33-32-19)29-22-16-24(35-11-9-34(8-7-27)10-12-35)31-26(30-22)36-21-6-5-18-13-17(2)14-20(18)25(21)28/h3-6,14-16H,7-13H2,1-2H3,(H2,29,30,31,32,33)/b4-3+. The van der Waals surface area contributed by atoms with Crippen LogP contribution in [0.5, 0.6) is 11.8 Å². The van der Waals surface area contributed by atoms with Crippen LogP contribution in [0.15, 0.2) is 35.9 Å². The van der Waals surface area contributed by atoms with Crippen LogP contribution in [0, 0.1) is 5.82 Å². The Labute approximate surface area is 208 Å². The van der Waals surface area contributed by atoms with Crippen molar-refractivity contribution >= 4 is 29.6 Å². The first-order chi connectivity index (χ1) is 17.5. The highest BCUT2D eigenvalue weighted by atomic mass is 19.1.